The van der Waals surface area contributed by atoms with Crippen LogP contribution in [0.5, 0.6) is 0 Å². The Hall–Kier alpha value is -0.120. The van der Waals surface area contributed by atoms with Gasteiger partial charge in [0.1, 0.15) is 0 Å². The molecule has 2 unspecified atom stereocenters. The van der Waals surface area contributed by atoms with Gasteiger partial charge < -0.3 is 15.1 Å². The lowest BCUT2D eigenvalue weighted by Crippen LogP contribution is -2.49. The molecule has 0 aliphatic carbocycles. The fourth-order valence-electron chi connectivity index (χ4n) is 2.69. The fraction of sp³-hybridized carbons (Fsp3) is 1.00. The highest BCUT2D eigenvalue weighted by Crippen LogP contribution is 2.17. The smallest absolute Gasteiger partial charge is 0.0145 e. The van der Waals surface area contributed by atoms with Crippen molar-refractivity contribution in [3.05, 3.63) is 0 Å². The molecule has 0 aromatic rings. The molecule has 2 atom stereocenters. The van der Waals surface area contributed by atoms with E-state index in [4.69, 9.17) is 0 Å². The van der Waals surface area contributed by atoms with Crippen LogP contribution in [-0.4, -0.2) is 62.7 Å². The summed E-state index contributed by atoms with van der Waals surface area (Å²) in [5, 5.41) is 3.48. The van der Waals surface area contributed by atoms with Crippen LogP contribution in [0, 0.1) is 5.92 Å². The van der Waals surface area contributed by atoms with E-state index in [2.05, 4.69) is 43.1 Å². The molecule has 0 aromatic heterocycles. The van der Waals surface area contributed by atoms with Crippen LogP contribution in [-0.2, 0) is 0 Å². The fourth-order valence-corrected chi connectivity index (χ4v) is 2.69. The lowest BCUT2D eigenvalue weighted by molar-refractivity contribution is 0.121. The van der Waals surface area contributed by atoms with E-state index >= 15 is 0 Å². The molecule has 1 heterocycles. The van der Waals surface area contributed by atoms with Crippen LogP contribution in [0.1, 0.15) is 26.7 Å². The number of piperidine rings is 1. The van der Waals surface area contributed by atoms with Crippen LogP contribution in [0.15, 0.2) is 0 Å². The van der Waals surface area contributed by atoms with E-state index in [1.165, 1.54) is 45.6 Å². The SMILES string of the molecule is CCN(CCCN(C)C)C1CCNCC1C. The Kier molecular flexibility index (Phi) is 6.32. The van der Waals surface area contributed by atoms with Crippen molar-refractivity contribution in [3.63, 3.8) is 0 Å². The molecule has 0 radical (unpaired) electrons. The zero-order valence-electron chi connectivity index (χ0n) is 11.5. The summed E-state index contributed by atoms with van der Waals surface area (Å²) < 4.78 is 0. The predicted molar refractivity (Wildman–Crippen MR) is 70.9 cm³/mol. The first kappa shape index (κ1) is 13.9. The van der Waals surface area contributed by atoms with Crippen molar-refractivity contribution < 1.29 is 0 Å². The monoisotopic (exact) mass is 227 g/mol. The Labute approximate surface area is 101 Å². The third-order valence-electron chi connectivity index (χ3n) is 3.67. The summed E-state index contributed by atoms with van der Waals surface area (Å²) in [5.74, 6) is 0.799. The van der Waals surface area contributed by atoms with Gasteiger partial charge in [-0.3, -0.25) is 0 Å². The Bertz CT molecular complexity index is 182. The number of hydrogen-bond acceptors (Lipinski definition) is 3. The highest BCUT2D eigenvalue weighted by molar-refractivity contribution is 4.82. The summed E-state index contributed by atoms with van der Waals surface area (Å²) in [7, 11) is 4.31. The second-order valence-electron chi connectivity index (χ2n) is 5.32. The van der Waals surface area contributed by atoms with E-state index in [0.29, 0.717) is 0 Å². The summed E-state index contributed by atoms with van der Waals surface area (Å²) >= 11 is 0. The minimum Gasteiger partial charge on any atom is -0.316 e. The molecule has 96 valence electrons. The highest BCUT2D eigenvalue weighted by atomic mass is 15.2. The molecule has 0 aromatic carbocycles. The molecule has 0 saturated carbocycles. The van der Waals surface area contributed by atoms with Crippen LogP contribution >= 0.6 is 0 Å². The summed E-state index contributed by atoms with van der Waals surface area (Å²) in [6, 6.07) is 0.799. The molecule has 0 spiro atoms. The zero-order valence-corrected chi connectivity index (χ0v) is 11.5. The van der Waals surface area contributed by atoms with Crippen molar-refractivity contribution in [2.24, 2.45) is 5.92 Å². The largest absolute Gasteiger partial charge is 0.316 e. The average Bonchev–Trinajstić information content (AvgIpc) is 2.25. The molecule has 1 rings (SSSR count). The Morgan fingerprint density at radius 3 is 2.56 bits per heavy atom. The van der Waals surface area contributed by atoms with Crippen molar-refractivity contribution >= 4 is 0 Å². The molecule has 0 bridgehead atoms. The van der Waals surface area contributed by atoms with E-state index in [9.17, 15) is 0 Å². The summed E-state index contributed by atoms with van der Waals surface area (Å²) in [5.41, 5.74) is 0. The number of hydrogen-bond donors (Lipinski definition) is 1. The number of nitrogens with one attached hydrogen (secondary N) is 1. The van der Waals surface area contributed by atoms with Gasteiger partial charge in [-0.2, -0.15) is 0 Å². The predicted octanol–water partition coefficient (Wildman–Crippen LogP) is 1.26. The van der Waals surface area contributed by atoms with Crippen LogP contribution < -0.4 is 5.32 Å². The molecule has 3 nitrogen and oxygen atoms in total. The van der Waals surface area contributed by atoms with Gasteiger partial charge in [0.25, 0.3) is 0 Å². The topological polar surface area (TPSA) is 18.5 Å². The second-order valence-corrected chi connectivity index (χ2v) is 5.32. The van der Waals surface area contributed by atoms with Gasteiger partial charge in [0.2, 0.25) is 0 Å². The van der Waals surface area contributed by atoms with Gasteiger partial charge in [0, 0.05) is 6.04 Å². The molecule has 16 heavy (non-hydrogen) atoms. The Morgan fingerprint density at radius 1 is 1.25 bits per heavy atom. The first-order valence-corrected chi connectivity index (χ1v) is 6.74. The van der Waals surface area contributed by atoms with Crippen LogP contribution in [0.25, 0.3) is 0 Å². The minimum atomic E-state index is 0.799. The van der Waals surface area contributed by atoms with Crippen molar-refractivity contribution in [3.8, 4) is 0 Å². The number of rotatable bonds is 6. The van der Waals surface area contributed by atoms with Gasteiger partial charge in [-0.15, -0.1) is 0 Å². The standard InChI is InChI=1S/C13H29N3/c1-5-16(10-6-9-15(3)4)13-7-8-14-11-12(13)2/h12-14H,5-11H2,1-4H3. The highest BCUT2D eigenvalue weighted by Gasteiger charge is 2.25. The van der Waals surface area contributed by atoms with Crippen molar-refractivity contribution in [1.82, 2.24) is 15.1 Å². The van der Waals surface area contributed by atoms with E-state index in [1.54, 1.807) is 0 Å². The lowest BCUT2D eigenvalue weighted by atomic mass is 9.93. The maximum Gasteiger partial charge on any atom is 0.0145 e. The molecular formula is C13H29N3. The van der Waals surface area contributed by atoms with Gasteiger partial charge in [-0.25, -0.2) is 0 Å². The molecule has 1 aliphatic rings. The Morgan fingerprint density at radius 2 is 2.00 bits per heavy atom. The average molecular weight is 227 g/mol. The van der Waals surface area contributed by atoms with Crippen molar-refractivity contribution in [2.75, 3.05) is 46.8 Å². The number of nitrogens with zero attached hydrogens (tertiary/aromatic N) is 2. The zero-order chi connectivity index (χ0) is 12.0. The summed E-state index contributed by atoms with van der Waals surface area (Å²) in [6.07, 6.45) is 2.61. The maximum atomic E-state index is 3.48. The lowest BCUT2D eigenvalue weighted by Gasteiger charge is -2.38. The van der Waals surface area contributed by atoms with E-state index < -0.39 is 0 Å². The van der Waals surface area contributed by atoms with E-state index in [0.717, 1.165) is 12.0 Å². The summed E-state index contributed by atoms with van der Waals surface area (Å²) in [6.45, 7) is 10.7. The van der Waals surface area contributed by atoms with Gasteiger partial charge in [-0.05, 0) is 65.6 Å². The second kappa shape index (κ2) is 7.25. The van der Waals surface area contributed by atoms with Crippen LogP contribution in [0.4, 0.5) is 0 Å². The van der Waals surface area contributed by atoms with Crippen molar-refractivity contribution in [2.45, 2.75) is 32.7 Å². The maximum absolute atomic E-state index is 3.48. The van der Waals surface area contributed by atoms with Gasteiger partial charge >= 0.3 is 0 Å². The molecule has 1 N–H and O–H groups in total. The quantitative estimate of drug-likeness (QED) is 0.737. The molecular weight excluding hydrogens is 198 g/mol. The van der Waals surface area contributed by atoms with Gasteiger partial charge in [0.05, 0.1) is 0 Å². The van der Waals surface area contributed by atoms with Crippen LogP contribution in [0.2, 0.25) is 0 Å². The van der Waals surface area contributed by atoms with E-state index in [1.807, 2.05) is 0 Å². The van der Waals surface area contributed by atoms with Gasteiger partial charge in [0.15, 0.2) is 0 Å². The van der Waals surface area contributed by atoms with Crippen molar-refractivity contribution in [1.29, 1.82) is 0 Å². The molecule has 0 amide bonds. The third-order valence-corrected chi connectivity index (χ3v) is 3.67. The normalized spacial score (nSPS) is 26.6. The van der Waals surface area contributed by atoms with Crippen LogP contribution in [0.3, 0.4) is 0 Å². The molecule has 1 aliphatic heterocycles. The molecule has 3 heteroatoms. The first-order chi connectivity index (χ1) is 7.65. The first-order valence-electron chi connectivity index (χ1n) is 6.74. The van der Waals surface area contributed by atoms with E-state index in [-0.39, 0.29) is 0 Å². The molecule has 1 fully saturated rings. The minimum absolute atomic E-state index is 0.799. The van der Waals surface area contributed by atoms with Gasteiger partial charge in [-0.1, -0.05) is 13.8 Å². The summed E-state index contributed by atoms with van der Waals surface area (Å²) in [4.78, 5) is 4.95. The third kappa shape index (κ3) is 4.40. The Balaban J connectivity index is 2.33. The molecule has 1 saturated heterocycles.